The molecule has 2 rings (SSSR count). The Hall–Kier alpha value is -1.28. The van der Waals surface area contributed by atoms with Gasteiger partial charge in [-0.05, 0) is 46.1 Å². The lowest BCUT2D eigenvalue weighted by Gasteiger charge is -2.09. The summed E-state index contributed by atoms with van der Waals surface area (Å²) in [7, 11) is 0. The van der Waals surface area contributed by atoms with Crippen LogP contribution in [0.3, 0.4) is 0 Å². The third kappa shape index (κ3) is 2.05. The number of halogens is 1. The number of hydrogen-bond donors (Lipinski definition) is 1. The molecule has 0 radical (unpaired) electrons. The van der Waals surface area contributed by atoms with Gasteiger partial charge in [0.25, 0.3) is 0 Å². The van der Waals surface area contributed by atoms with Gasteiger partial charge in [-0.25, -0.2) is 0 Å². The van der Waals surface area contributed by atoms with Crippen molar-refractivity contribution in [3.05, 3.63) is 52.5 Å². The minimum atomic E-state index is 0.798. The van der Waals surface area contributed by atoms with Crippen LogP contribution in [0, 0.1) is 6.92 Å². The van der Waals surface area contributed by atoms with Crippen molar-refractivity contribution in [1.29, 1.82) is 0 Å². The SMILES string of the molecule is Cc1cc(Br)c(N)c(-c2ccccc2)c1. The monoisotopic (exact) mass is 261 g/mol. The van der Waals surface area contributed by atoms with Crippen LogP contribution in [0.15, 0.2) is 46.9 Å². The molecule has 0 amide bonds. The lowest BCUT2D eigenvalue weighted by Crippen LogP contribution is -1.92. The molecule has 0 aromatic heterocycles. The molecule has 1 nitrogen and oxygen atoms in total. The minimum absolute atomic E-state index is 0.798. The van der Waals surface area contributed by atoms with Crippen molar-refractivity contribution in [2.75, 3.05) is 5.73 Å². The molecule has 0 saturated carbocycles. The molecule has 76 valence electrons. The van der Waals surface area contributed by atoms with E-state index in [-0.39, 0.29) is 0 Å². The molecule has 2 heteroatoms. The number of anilines is 1. The predicted octanol–water partition coefficient (Wildman–Crippen LogP) is 4.01. The van der Waals surface area contributed by atoms with E-state index in [4.69, 9.17) is 5.73 Å². The van der Waals surface area contributed by atoms with Crippen molar-refractivity contribution in [3.8, 4) is 11.1 Å². The first kappa shape index (κ1) is 10.2. The van der Waals surface area contributed by atoms with E-state index in [0.717, 1.165) is 21.3 Å². The average molecular weight is 262 g/mol. The molecule has 2 aromatic rings. The molecule has 0 aliphatic heterocycles. The topological polar surface area (TPSA) is 26.0 Å². The number of nitrogen functional groups attached to an aromatic ring is 1. The standard InChI is InChI=1S/C13H12BrN/c1-9-7-11(13(15)12(14)8-9)10-5-3-2-4-6-10/h2-8H,15H2,1H3. The fraction of sp³-hybridized carbons (Fsp3) is 0.0769. The van der Waals surface area contributed by atoms with Crippen LogP contribution in [-0.2, 0) is 0 Å². The molecule has 0 fully saturated rings. The first-order valence-electron chi connectivity index (χ1n) is 4.79. The number of benzene rings is 2. The van der Waals surface area contributed by atoms with Gasteiger partial charge in [0.1, 0.15) is 0 Å². The van der Waals surface area contributed by atoms with E-state index in [9.17, 15) is 0 Å². The Balaban J connectivity index is 2.63. The van der Waals surface area contributed by atoms with E-state index >= 15 is 0 Å². The molecule has 0 bridgehead atoms. The second-order valence-electron chi connectivity index (χ2n) is 3.57. The molecule has 0 aliphatic carbocycles. The molecule has 2 N–H and O–H groups in total. The third-order valence-corrected chi connectivity index (χ3v) is 3.01. The van der Waals surface area contributed by atoms with Crippen molar-refractivity contribution in [1.82, 2.24) is 0 Å². The smallest absolute Gasteiger partial charge is 0.0538 e. The van der Waals surface area contributed by atoms with E-state index in [1.54, 1.807) is 0 Å². The summed E-state index contributed by atoms with van der Waals surface area (Å²) in [6.45, 7) is 2.07. The maximum Gasteiger partial charge on any atom is 0.0538 e. The van der Waals surface area contributed by atoms with Crippen LogP contribution in [0.4, 0.5) is 5.69 Å². The van der Waals surface area contributed by atoms with Gasteiger partial charge in [-0.15, -0.1) is 0 Å². The van der Waals surface area contributed by atoms with Gasteiger partial charge in [-0.3, -0.25) is 0 Å². The summed E-state index contributed by atoms with van der Waals surface area (Å²) in [5, 5.41) is 0. The second kappa shape index (κ2) is 4.07. The van der Waals surface area contributed by atoms with Gasteiger partial charge >= 0.3 is 0 Å². The largest absolute Gasteiger partial charge is 0.397 e. The summed E-state index contributed by atoms with van der Waals surface area (Å²) >= 11 is 3.47. The van der Waals surface area contributed by atoms with Gasteiger partial charge in [0.15, 0.2) is 0 Å². The molecule has 0 atom stereocenters. The van der Waals surface area contributed by atoms with Gasteiger partial charge in [-0.1, -0.05) is 30.3 Å². The molecule has 0 heterocycles. The highest BCUT2D eigenvalue weighted by Crippen LogP contribution is 2.32. The van der Waals surface area contributed by atoms with Gasteiger partial charge < -0.3 is 5.73 Å². The number of hydrogen-bond acceptors (Lipinski definition) is 1. The minimum Gasteiger partial charge on any atom is -0.397 e. The highest BCUT2D eigenvalue weighted by molar-refractivity contribution is 9.10. The summed E-state index contributed by atoms with van der Waals surface area (Å²) in [5.41, 5.74) is 10.3. The summed E-state index contributed by atoms with van der Waals surface area (Å²) in [5.74, 6) is 0. The molecular formula is C13H12BrN. The van der Waals surface area contributed by atoms with Gasteiger partial charge in [0.05, 0.1) is 5.69 Å². The molecule has 2 aromatic carbocycles. The first-order valence-corrected chi connectivity index (χ1v) is 5.59. The predicted molar refractivity (Wildman–Crippen MR) is 68.7 cm³/mol. The molecule has 15 heavy (non-hydrogen) atoms. The van der Waals surface area contributed by atoms with E-state index < -0.39 is 0 Å². The van der Waals surface area contributed by atoms with Crippen LogP contribution < -0.4 is 5.73 Å². The number of nitrogens with two attached hydrogens (primary N) is 1. The maximum absolute atomic E-state index is 6.04. The van der Waals surface area contributed by atoms with Gasteiger partial charge in [0.2, 0.25) is 0 Å². The normalized spacial score (nSPS) is 10.3. The van der Waals surface area contributed by atoms with Crippen LogP contribution >= 0.6 is 15.9 Å². The first-order chi connectivity index (χ1) is 7.18. The second-order valence-corrected chi connectivity index (χ2v) is 4.43. The Bertz CT molecular complexity index is 477. The lowest BCUT2D eigenvalue weighted by molar-refractivity contribution is 1.45. The third-order valence-electron chi connectivity index (χ3n) is 2.36. The highest BCUT2D eigenvalue weighted by Gasteiger charge is 2.06. The van der Waals surface area contributed by atoms with Gasteiger partial charge in [0, 0.05) is 10.0 Å². The molecule has 0 saturated heterocycles. The number of aryl methyl sites for hydroxylation is 1. The fourth-order valence-corrected chi connectivity index (χ4v) is 2.18. The maximum atomic E-state index is 6.04. The summed E-state index contributed by atoms with van der Waals surface area (Å²) < 4.78 is 0.960. The molecule has 0 aliphatic rings. The zero-order valence-electron chi connectivity index (χ0n) is 8.50. The van der Waals surface area contributed by atoms with E-state index in [1.165, 1.54) is 5.56 Å². The Kier molecular flexibility index (Phi) is 2.78. The van der Waals surface area contributed by atoms with Crippen molar-refractivity contribution in [2.24, 2.45) is 0 Å². The summed E-state index contributed by atoms with van der Waals surface area (Å²) in [4.78, 5) is 0. The molecule has 0 spiro atoms. The zero-order chi connectivity index (χ0) is 10.8. The molecule has 0 unspecified atom stereocenters. The quantitative estimate of drug-likeness (QED) is 0.772. The van der Waals surface area contributed by atoms with Crippen LogP contribution in [0.1, 0.15) is 5.56 Å². The van der Waals surface area contributed by atoms with Crippen molar-refractivity contribution in [2.45, 2.75) is 6.92 Å². The van der Waals surface area contributed by atoms with E-state index in [1.807, 2.05) is 24.3 Å². The Morgan fingerprint density at radius 1 is 1.07 bits per heavy atom. The number of rotatable bonds is 1. The fourth-order valence-electron chi connectivity index (χ4n) is 1.61. The molecular weight excluding hydrogens is 250 g/mol. The van der Waals surface area contributed by atoms with Crippen molar-refractivity contribution in [3.63, 3.8) is 0 Å². The van der Waals surface area contributed by atoms with Crippen molar-refractivity contribution < 1.29 is 0 Å². The van der Waals surface area contributed by atoms with Crippen LogP contribution in [-0.4, -0.2) is 0 Å². The van der Waals surface area contributed by atoms with Crippen LogP contribution in [0.25, 0.3) is 11.1 Å². The Labute approximate surface area is 98.1 Å². The summed E-state index contributed by atoms with van der Waals surface area (Å²) in [6, 6.07) is 14.3. The summed E-state index contributed by atoms with van der Waals surface area (Å²) in [6.07, 6.45) is 0. The van der Waals surface area contributed by atoms with Gasteiger partial charge in [-0.2, -0.15) is 0 Å². The average Bonchev–Trinajstić information content (AvgIpc) is 2.24. The Morgan fingerprint density at radius 3 is 2.40 bits per heavy atom. The van der Waals surface area contributed by atoms with E-state index in [2.05, 4.69) is 41.1 Å². The van der Waals surface area contributed by atoms with E-state index in [0.29, 0.717) is 0 Å². The zero-order valence-corrected chi connectivity index (χ0v) is 10.1. The highest BCUT2D eigenvalue weighted by atomic mass is 79.9. The van der Waals surface area contributed by atoms with Crippen LogP contribution in [0.2, 0.25) is 0 Å². The van der Waals surface area contributed by atoms with Crippen molar-refractivity contribution >= 4 is 21.6 Å². The van der Waals surface area contributed by atoms with Crippen LogP contribution in [0.5, 0.6) is 0 Å². The Morgan fingerprint density at radius 2 is 1.73 bits per heavy atom. The lowest BCUT2D eigenvalue weighted by atomic mass is 10.0.